The van der Waals surface area contributed by atoms with Crippen LogP contribution in [0.5, 0.6) is 5.75 Å². The number of halogens is 3. The molecule has 0 aliphatic carbocycles. The number of ether oxygens (including phenoxy) is 1. The molecule has 1 aromatic heterocycles. The zero-order valence-electron chi connectivity index (χ0n) is 11.9. The molecule has 0 spiro atoms. The lowest BCUT2D eigenvalue weighted by Crippen LogP contribution is -2.18. The van der Waals surface area contributed by atoms with E-state index in [-0.39, 0.29) is 17.5 Å². The zero-order valence-corrected chi connectivity index (χ0v) is 11.9. The Morgan fingerprint density at radius 2 is 1.86 bits per heavy atom. The second-order valence-electron chi connectivity index (χ2n) is 4.78. The quantitative estimate of drug-likeness (QED) is 0.865. The summed E-state index contributed by atoms with van der Waals surface area (Å²) in [5.41, 5.74) is 1.18. The summed E-state index contributed by atoms with van der Waals surface area (Å²) in [5, 5.41) is 3.02. The minimum absolute atomic E-state index is 0.208. The van der Waals surface area contributed by atoms with E-state index in [2.05, 4.69) is 10.1 Å². The average molecular weight is 299 g/mol. The van der Waals surface area contributed by atoms with E-state index in [1.54, 1.807) is 12.1 Å². The Kier molecular flexibility index (Phi) is 4.16. The van der Waals surface area contributed by atoms with Crippen molar-refractivity contribution in [3.63, 3.8) is 0 Å². The first kappa shape index (κ1) is 15.3. The SMILES string of the molecule is Cc1cc(C(C)Nc2ccccc2OC(F)(F)F)c(C)o1. The van der Waals surface area contributed by atoms with Gasteiger partial charge >= 0.3 is 6.36 Å². The van der Waals surface area contributed by atoms with Crippen molar-refractivity contribution in [1.82, 2.24) is 0 Å². The molecular formula is C15H16F3NO2. The number of alkyl halides is 3. The van der Waals surface area contributed by atoms with Crippen LogP contribution in [0.1, 0.15) is 30.0 Å². The lowest BCUT2D eigenvalue weighted by molar-refractivity contribution is -0.274. The van der Waals surface area contributed by atoms with Gasteiger partial charge in [-0.15, -0.1) is 13.2 Å². The molecule has 0 amide bonds. The van der Waals surface area contributed by atoms with Crippen LogP contribution < -0.4 is 10.1 Å². The standard InChI is InChI=1S/C15H16F3NO2/c1-9-8-12(11(3)20-9)10(2)19-13-6-4-5-7-14(13)21-15(16,17)18/h4-8,10,19H,1-3H3. The van der Waals surface area contributed by atoms with Gasteiger partial charge in [0.25, 0.3) is 0 Å². The maximum Gasteiger partial charge on any atom is 0.573 e. The van der Waals surface area contributed by atoms with Gasteiger partial charge < -0.3 is 14.5 Å². The number of rotatable bonds is 4. The maximum absolute atomic E-state index is 12.4. The number of hydrogen-bond donors (Lipinski definition) is 1. The molecule has 2 aromatic rings. The number of nitrogens with one attached hydrogen (secondary N) is 1. The van der Waals surface area contributed by atoms with E-state index in [1.807, 2.05) is 26.8 Å². The summed E-state index contributed by atoms with van der Waals surface area (Å²) >= 11 is 0. The van der Waals surface area contributed by atoms with Crippen molar-refractivity contribution in [2.45, 2.75) is 33.2 Å². The predicted octanol–water partition coefficient (Wildman–Crippen LogP) is 4.97. The monoisotopic (exact) mass is 299 g/mol. The minimum atomic E-state index is -4.72. The van der Waals surface area contributed by atoms with Crippen molar-refractivity contribution in [1.29, 1.82) is 0 Å². The summed E-state index contributed by atoms with van der Waals surface area (Å²) in [6, 6.07) is 7.60. The summed E-state index contributed by atoms with van der Waals surface area (Å²) in [6.07, 6.45) is -4.72. The second kappa shape index (κ2) is 5.71. The van der Waals surface area contributed by atoms with Gasteiger partial charge in [0.15, 0.2) is 5.75 Å². The number of para-hydroxylation sites is 2. The van der Waals surface area contributed by atoms with Crippen LogP contribution in [-0.2, 0) is 0 Å². The van der Waals surface area contributed by atoms with Crippen LogP contribution in [0.2, 0.25) is 0 Å². The molecule has 1 N–H and O–H groups in total. The molecule has 1 heterocycles. The van der Waals surface area contributed by atoms with Crippen LogP contribution in [0.4, 0.5) is 18.9 Å². The highest BCUT2D eigenvalue weighted by Gasteiger charge is 2.32. The first-order valence-corrected chi connectivity index (χ1v) is 6.44. The summed E-state index contributed by atoms with van der Waals surface area (Å²) in [6.45, 7) is 5.49. The van der Waals surface area contributed by atoms with Gasteiger partial charge in [-0.25, -0.2) is 0 Å². The third kappa shape index (κ3) is 3.93. The lowest BCUT2D eigenvalue weighted by Gasteiger charge is -2.18. The molecule has 0 fully saturated rings. The Morgan fingerprint density at radius 1 is 1.19 bits per heavy atom. The Hall–Kier alpha value is -2.11. The molecule has 2 rings (SSSR count). The zero-order chi connectivity index (χ0) is 15.6. The molecule has 0 bridgehead atoms. The van der Waals surface area contributed by atoms with E-state index in [0.29, 0.717) is 0 Å². The van der Waals surface area contributed by atoms with Crippen molar-refractivity contribution in [2.24, 2.45) is 0 Å². The van der Waals surface area contributed by atoms with Crippen molar-refractivity contribution >= 4 is 5.69 Å². The van der Waals surface area contributed by atoms with Crippen LogP contribution >= 0.6 is 0 Å². The highest BCUT2D eigenvalue weighted by molar-refractivity contribution is 5.57. The molecule has 1 unspecified atom stereocenters. The molecular weight excluding hydrogens is 283 g/mol. The van der Waals surface area contributed by atoms with Crippen LogP contribution in [0.15, 0.2) is 34.7 Å². The molecule has 0 aliphatic heterocycles. The van der Waals surface area contributed by atoms with Gasteiger partial charge in [-0.05, 0) is 39.0 Å². The van der Waals surface area contributed by atoms with Crippen LogP contribution in [0.25, 0.3) is 0 Å². The second-order valence-corrected chi connectivity index (χ2v) is 4.78. The van der Waals surface area contributed by atoms with Gasteiger partial charge in [0, 0.05) is 5.56 Å². The molecule has 1 aromatic carbocycles. The van der Waals surface area contributed by atoms with Gasteiger partial charge in [0.2, 0.25) is 0 Å². The van der Waals surface area contributed by atoms with Crippen molar-refractivity contribution in [3.8, 4) is 5.75 Å². The van der Waals surface area contributed by atoms with Crippen LogP contribution in [0.3, 0.4) is 0 Å². The normalized spacial score (nSPS) is 13.0. The molecule has 6 heteroatoms. The third-order valence-corrected chi connectivity index (χ3v) is 3.03. The fraction of sp³-hybridized carbons (Fsp3) is 0.333. The number of aryl methyl sites for hydroxylation is 2. The van der Waals surface area contributed by atoms with Gasteiger partial charge in [-0.1, -0.05) is 12.1 Å². The Balaban J connectivity index is 2.21. The maximum atomic E-state index is 12.4. The lowest BCUT2D eigenvalue weighted by atomic mass is 10.1. The summed E-state index contributed by atoms with van der Waals surface area (Å²) in [7, 11) is 0. The summed E-state index contributed by atoms with van der Waals surface area (Å²) in [4.78, 5) is 0. The first-order valence-electron chi connectivity index (χ1n) is 6.44. The summed E-state index contributed by atoms with van der Waals surface area (Å²) < 4.78 is 46.6. The van der Waals surface area contributed by atoms with E-state index in [4.69, 9.17) is 4.42 Å². The van der Waals surface area contributed by atoms with Crippen molar-refractivity contribution in [2.75, 3.05) is 5.32 Å². The van der Waals surface area contributed by atoms with Crippen molar-refractivity contribution in [3.05, 3.63) is 47.4 Å². The topological polar surface area (TPSA) is 34.4 Å². The summed E-state index contributed by atoms with van der Waals surface area (Å²) in [5.74, 6) is 1.24. The van der Waals surface area contributed by atoms with Gasteiger partial charge in [-0.3, -0.25) is 0 Å². The fourth-order valence-corrected chi connectivity index (χ4v) is 2.19. The number of anilines is 1. The molecule has 0 radical (unpaired) electrons. The predicted molar refractivity (Wildman–Crippen MR) is 73.3 cm³/mol. The fourth-order valence-electron chi connectivity index (χ4n) is 2.19. The van der Waals surface area contributed by atoms with E-state index < -0.39 is 6.36 Å². The largest absolute Gasteiger partial charge is 0.573 e. The van der Waals surface area contributed by atoms with E-state index >= 15 is 0 Å². The van der Waals surface area contributed by atoms with Crippen molar-refractivity contribution < 1.29 is 22.3 Å². The van der Waals surface area contributed by atoms with E-state index in [9.17, 15) is 13.2 Å². The van der Waals surface area contributed by atoms with Gasteiger partial charge in [0.05, 0.1) is 11.7 Å². The minimum Gasteiger partial charge on any atom is -0.466 e. The highest BCUT2D eigenvalue weighted by Crippen LogP contribution is 2.33. The molecule has 0 saturated heterocycles. The van der Waals surface area contributed by atoms with Gasteiger partial charge in [-0.2, -0.15) is 0 Å². The van der Waals surface area contributed by atoms with Crippen LogP contribution in [-0.4, -0.2) is 6.36 Å². The Bertz CT molecular complexity index is 620. The molecule has 21 heavy (non-hydrogen) atoms. The number of hydrogen-bond acceptors (Lipinski definition) is 3. The van der Waals surface area contributed by atoms with E-state index in [1.165, 1.54) is 12.1 Å². The van der Waals surface area contributed by atoms with Crippen LogP contribution in [0, 0.1) is 13.8 Å². The molecule has 0 aliphatic rings. The number of benzene rings is 1. The Labute approximate surface area is 120 Å². The molecule has 3 nitrogen and oxygen atoms in total. The van der Waals surface area contributed by atoms with Gasteiger partial charge in [0.1, 0.15) is 11.5 Å². The Morgan fingerprint density at radius 3 is 2.43 bits per heavy atom. The molecule has 0 saturated carbocycles. The molecule has 1 atom stereocenters. The highest BCUT2D eigenvalue weighted by atomic mass is 19.4. The first-order chi connectivity index (χ1) is 9.76. The third-order valence-electron chi connectivity index (χ3n) is 3.03. The van der Waals surface area contributed by atoms with E-state index in [0.717, 1.165) is 17.1 Å². The molecule has 114 valence electrons. The smallest absolute Gasteiger partial charge is 0.466 e. The number of furan rings is 1. The average Bonchev–Trinajstić information content (AvgIpc) is 2.69.